The first-order valence-corrected chi connectivity index (χ1v) is 10.3. The van der Waals surface area contributed by atoms with E-state index >= 15 is 0 Å². The second kappa shape index (κ2) is 10.6. The van der Waals surface area contributed by atoms with Gasteiger partial charge in [0.25, 0.3) is 0 Å². The first-order chi connectivity index (χ1) is 14.2. The minimum Gasteiger partial charge on any atom is -0.494 e. The van der Waals surface area contributed by atoms with Gasteiger partial charge in [0.1, 0.15) is 5.75 Å². The summed E-state index contributed by atoms with van der Waals surface area (Å²) in [7, 11) is 0. The van der Waals surface area contributed by atoms with Crippen molar-refractivity contribution in [2.24, 2.45) is 0 Å². The van der Waals surface area contributed by atoms with E-state index in [4.69, 9.17) is 17.0 Å². The Morgan fingerprint density at radius 1 is 0.931 bits per heavy atom. The van der Waals surface area contributed by atoms with E-state index in [0.717, 1.165) is 30.0 Å². The van der Waals surface area contributed by atoms with Crippen molar-refractivity contribution in [1.29, 1.82) is 0 Å². The number of nitrogens with zero attached hydrogens (tertiary/aromatic N) is 2. The number of rotatable bonds is 8. The van der Waals surface area contributed by atoms with E-state index in [0.29, 0.717) is 18.3 Å². The highest BCUT2D eigenvalue weighted by atomic mass is 32.1. The second-order valence-corrected chi connectivity index (χ2v) is 7.16. The Morgan fingerprint density at radius 3 is 2.24 bits per heavy atom. The van der Waals surface area contributed by atoms with Gasteiger partial charge in [0, 0.05) is 31.2 Å². The maximum absolute atomic E-state index is 5.75. The molecule has 150 valence electrons. The summed E-state index contributed by atoms with van der Waals surface area (Å²) in [5.41, 5.74) is 4.62. The first-order valence-electron chi connectivity index (χ1n) is 9.93. The van der Waals surface area contributed by atoms with Crippen molar-refractivity contribution >= 4 is 23.0 Å². The lowest BCUT2D eigenvalue weighted by atomic mass is 10.1. The first kappa shape index (κ1) is 20.8. The molecule has 0 amide bonds. The number of pyridine rings is 1. The number of hydrogen-bond donors (Lipinski definition) is 1. The number of benzene rings is 2. The van der Waals surface area contributed by atoms with Crippen LogP contribution in [0, 0.1) is 0 Å². The molecule has 3 aromatic rings. The minimum absolute atomic E-state index is 0.654. The highest BCUT2D eigenvalue weighted by Gasteiger charge is 2.12. The molecule has 29 heavy (non-hydrogen) atoms. The Kier molecular flexibility index (Phi) is 7.59. The van der Waals surface area contributed by atoms with Crippen LogP contribution >= 0.6 is 12.2 Å². The summed E-state index contributed by atoms with van der Waals surface area (Å²) in [4.78, 5) is 6.39. The van der Waals surface area contributed by atoms with Gasteiger partial charge in [-0.1, -0.05) is 37.3 Å². The molecule has 0 saturated carbocycles. The zero-order valence-electron chi connectivity index (χ0n) is 17.0. The Hall–Kier alpha value is -2.92. The van der Waals surface area contributed by atoms with E-state index in [1.54, 1.807) is 6.20 Å². The third kappa shape index (κ3) is 6.29. The summed E-state index contributed by atoms with van der Waals surface area (Å²) in [6.07, 6.45) is 4.71. The van der Waals surface area contributed by atoms with Crippen molar-refractivity contribution in [2.75, 3.05) is 11.9 Å². The molecule has 0 fully saturated rings. The standard InChI is InChI=1S/C24H27N3OS/c1-3-19-7-9-20(10-8-19)17-27(18-21-6-5-15-25-16-21)24(29)26-22-11-13-23(14-12-22)28-4-2/h5-16H,3-4,17-18H2,1-2H3,(H,26,29). The molecular weight excluding hydrogens is 378 g/mol. The fourth-order valence-electron chi connectivity index (χ4n) is 3.02. The van der Waals surface area contributed by atoms with Crippen LogP contribution in [-0.2, 0) is 19.5 Å². The maximum atomic E-state index is 5.75. The van der Waals surface area contributed by atoms with Gasteiger partial charge in [0.2, 0.25) is 0 Å². The SMILES string of the molecule is CCOc1ccc(NC(=S)N(Cc2ccc(CC)cc2)Cc2cccnc2)cc1. The Labute approximate surface area is 178 Å². The number of aromatic nitrogens is 1. The van der Waals surface area contributed by atoms with Crippen LogP contribution < -0.4 is 10.1 Å². The van der Waals surface area contributed by atoms with Gasteiger partial charge in [0.15, 0.2) is 5.11 Å². The number of ether oxygens (including phenoxy) is 1. The number of hydrogen-bond acceptors (Lipinski definition) is 3. The maximum Gasteiger partial charge on any atom is 0.174 e. The van der Waals surface area contributed by atoms with E-state index in [9.17, 15) is 0 Å². The van der Waals surface area contributed by atoms with Crippen LogP contribution in [0.1, 0.15) is 30.5 Å². The lowest BCUT2D eigenvalue weighted by Crippen LogP contribution is -2.33. The zero-order valence-corrected chi connectivity index (χ0v) is 17.8. The molecular formula is C24H27N3OS. The summed E-state index contributed by atoms with van der Waals surface area (Å²) in [6, 6.07) is 20.6. The molecule has 2 aromatic carbocycles. The second-order valence-electron chi connectivity index (χ2n) is 6.77. The summed E-state index contributed by atoms with van der Waals surface area (Å²) >= 11 is 5.75. The molecule has 5 heteroatoms. The monoisotopic (exact) mass is 405 g/mol. The molecule has 0 radical (unpaired) electrons. The molecule has 1 heterocycles. The van der Waals surface area contributed by atoms with Gasteiger partial charge in [0.05, 0.1) is 6.61 Å². The third-order valence-corrected chi connectivity index (χ3v) is 4.96. The van der Waals surface area contributed by atoms with E-state index in [2.05, 4.69) is 52.5 Å². The summed E-state index contributed by atoms with van der Waals surface area (Å²) in [5, 5.41) is 4.03. The predicted octanol–water partition coefficient (Wildman–Crippen LogP) is 5.44. The highest BCUT2D eigenvalue weighted by molar-refractivity contribution is 7.80. The molecule has 3 rings (SSSR count). The molecule has 4 nitrogen and oxygen atoms in total. The van der Waals surface area contributed by atoms with Crippen molar-refractivity contribution in [3.8, 4) is 5.75 Å². The molecule has 1 N–H and O–H groups in total. The largest absolute Gasteiger partial charge is 0.494 e. The third-order valence-electron chi connectivity index (χ3n) is 4.60. The molecule has 0 aliphatic rings. The van der Waals surface area contributed by atoms with Crippen LogP contribution in [0.2, 0.25) is 0 Å². The van der Waals surface area contributed by atoms with Gasteiger partial charge in [-0.3, -0.25) is 4.98 Å². The van der Waals surface area contributed by atoms with E-state index in [1.165, 1.54) is 11.1 Å². The number of aryl methyl sites for hydroxylation is 1. The zero-order chi connectivity index (χ0) is 20.5. The topological polar surface area (TPSA) is 37.4 Å². The van der Waals surface area contributed by atoms with Gasteiger partial charge in [-0.05, 0) is 72.6 Å². The molecule has 0 saturated heterocycles. The van der Waals surface area contributed by atoms with Crippen LogP contribution in [-0.4, -0.2) is 21.6 Å². The summed E-state index contributed by atoms with van der Waals surface area (Å²) < 4.78 is 5.51. The van der Waals surface area contributed by atoms with Gasteiger partial charge in [-0.15, -0.1) is 0 Å². The molecule has 1 aromatic heterocycles. The van der Waals surface area contributed by atoms with Crippen LogP contribution in [0.15, 0.2) is 73.1 Å². The van der Waals surface area contributed by atoms with Gasteiger partial charge in [-0.2, -0.15) is 0 Å². The van der Waals surface area contributed by atoms with Crippen LogP contribution in [0.4, 0.5) is 5.69 Å². The fourth-order valence-corrected chi connectivity index (χ4v) is 3.26. The normalized spacial score (nSPS) is 10.4. The lowest BCUT2D eigenvalue weighted by molar-refractivity contribution is 0.340. The van der Waals surface area contributed by atoms with Crippen LogP contribution in [0.5, 0.6) is 5.75 Å². The number of nitrogens with one attached hydrogen (secondary N) is 1. The molecule has 0 atom stereocenters. The van der Waals surface area contributed by atoms with Crippen molar-refractivity contribution in [1.82, 2.24) is 9.88 Å². The lowest BCUT2D eigenvalue weighted by Gasteiger charge is -2.26. The average molecular weight is 406 g/mol. The molecule has 0 bridgehead atoms. The summed E-state index contributed by atoms with van der Waals surface area (Å²) in [5.74, 6) is 0.854. The molecule has 0 unspecified atom stereocenters. The average Bonchev–Trinajstić information content (AvgIpc) is 2.76. The number of thiocarbonyl (C=S) groups is 1. The van der Waals surface area contributed by atoms with E-state index < -0.39 is 0 Å². The Bertz CT molecular complexity index is 896. The number of anilines is 1. The van der Waals surface area contributed by atoms with Gasteiger partial charge >= 0.3 is 0 Å². The summed E-state index contributed by atoms with van der Waals surface area (Å²) in [6.45, 7) is 6.21. The Balaban J connectivity index is 1.74. The quantitative estimate of drug-likeness (QED) is 0.505. The van der Waals surface area contributed by atoms with E-state index in [1.807, 2.05) is 43.5 Å². The predicted molar refractivity (Wildman–Crippen MR) is 123 cm³/mol. The van der Waals surface area contributed by atoms with Crippen molar-refractivity contribution in [2.45, 2.75) is 33.4 Å². The van der Waals surface area contributed by atoms with E-state index in [-0.39, 0.29) is 0 Å². The van der Waals surface area contributed by atoms with Gasteiger partial charge in [-0.25, -0.2) is 0 Å². The smallest absolute Gasteiger partial charge is 0.174 e. The van der Waals surface area contributed by atoms with Crippen molar-refractivity contribution in [3.05, 3.63) is 89.7 Å². The molecule has 0 aliphatic heterocycles. The molecule has 0 spiro atoms. The van der Waals surface area contributed by atoms with Crippen molar-refractivity contribution in [3.63, 3.8) is 0 Å². The minimum atomic E-state index is 0.654. The fraction of sp³-hybridized carbons (Fsp3) is 0.250. The van der Waals surface area contributed by atoms with Crippen LogP contribution in [0.3, 0.4) is 0 Å². The van der Waals surface area contributed by atoms with Gasteiger partial charge < -0.3 is 15.0 Å². The van der Waals surface area contributed by atoms with Crippen LogP contribution in [0.25, 0.3) is 0 Å². The van der Waals surface area contributed by atoms with Crippen molar-refractivity contribution < 1.29 is 4.74 Å². The highest BCUT2D eigenvalue weighted by Crippen LogP contribution is 2.18. The molecule has 0 aliphatic carbocycles. The Morgan fingerprint density at radius 2 is 1.62 bits per heavy atom.